The molecule has 0 unspecified atom stereocenters. The number of nitrogens with one attached hydrogen (secondary N) is 1. The standard InChI is InChI=1S/C11H19N3O3/c1-3-4-17-10-5-9(12-8-13-10)14-11(2,6-15)7-16/h5,8,15-16H,3-4,6-7H2,1-2H3,(H,12,13,14). The van der Waals surface area contributed by atoms with Crippen LogP contribution in [0, 0.1) is 0 Å². The van der Waals surface area contributed by atoms with Crippen LogP contribution in [0.5, 0.6) is 5.88 Å². The highest BCUT2D eigenvalue weighted by atomic mass is 16.5. The first-order valence-electron chi connectivity index (χ1n) is 5.58. The van der Waals surface area contributed by atoms with Gasteiger partial charge >= 0.3 is 0 Å². The van der Waals surface area contributed by atoms with Gasteiger partial charge in [0.1, 0.15) is 12.1 Å². The lowest BCUT2D eigenvalue weighted by Crippen LogP contribution is -2.42. The lowest BCUT2D eigenvalue weighted by molar-refractivity contribution is 0.147. The quantitative estimate of drug-likeness (QED) is 0.641. The molecule has 1 rings (SSSR count). The number of anilines is 1. The van der Waals surface area contributed by atoms with Gasteiger partial charge in [-0.15, -0.1) is 0 Å². The van der Waals surface area contributed by atoms with Crippen LogP contribution >= 0.6 is 0 Å². The van der Waals surface area contributed by atoms with E-state index in [1.54, 1.807) is 13.0 Å². The maximum Gasteiger partial charge on any atom is 0.218 e. The number of aromatic nitrogens is 2. The van der Waals surface area contributed by atoms with Gasteiger partial charge in [0.25, 0.3) is 0 Å². The summed E-state index contributed by atoms with van der Waals surface area (Å²) >= 11 is 0. The molecule has 3 N–H and O–H groups in total. The predicted octanol–water partition coefficient (Wildman–Crippen LogP) is 0.421. The highest BCUT2D eigenvalue weighted by Crippen LogP contribution is 2.16. The van der Waals surface area contributed by atoms with E-state index < -0.39 is 5.54 Å². The molecule has 0 saturated carbocycles. The summed E-state index contributed by atoms with van der Waals surface area (Å²) in [7, 11) is 0. The Kier molecular flexibility index (Phi) is 5.11. The normalized spacial score (nSPS) is 11.3. The number of aliphatic hydroxyl groups excluding tert-OH is 2. The van der Waals surface area contributed by atoms with Gasteiger partial charge in [-0.25, -0.2) is 9.97 Å². The van der Waals surface area contributed by atoms with Crippen LogP contribution in [-0.4, -0.2) is 45.5 Å². The molecule has 6 nitrogen and oxygen atoms in total. The van der Waals surface area contributed by atoms with E-state index in [4.69, 9.17) is 14.9 Å². The van der Waals surface area contributed by atoms with Gasteiger partial charge in [0.2, 0.25) is 5.88 Å². The van der Waals surface area contributed by atoms with Crippen molar-refractivity contribution >= 4 is 5.82 Å². The van der Waals surface area contributed by atoms with E-state index in [1.807, 2.05) is 6.92 Å². The zero-order chi connectivity index (χ0) is 12.7. The first-order valence-corrected chi connectivity index (χ1v) is 5.58. The molecule has 0 atom stereocenters. The van der Waals surface area contributed by atoms with Crippen molar-refractivity contribution < 1.29 is 14.9 Å². The average molecular weight is 241 g/mol. The Morgan fingerprint density at radius 1 is 1.35 bits per heavy atom. The Morgan fingerprint density at radius 3 is 2.65 bits per heavy atom. The monoisotopic (exact) mass is 241 g/mol. The fourth-order valence-electron chi connectivity index (χ4n) is 1.13. The Labute approximate surface area is 101 Å². The fraction of sp³-hybridized carbons (Fsp3) is 0.636. The zero-order valence-corrected chi connectivity index (χ0v) is 10.2. The summed E-state index contributed by atoms with van der Waals surface area (Å²) in [4.78, 5) is 7.96. The Morgan fingerprint density at radius 2 is 2.06 bits per heavy atom. The van der Waals surface area contributed by atoms with Crippen molar-refractivity contribution in [3.05, 3.63) is 12.4 Å². The third-order valence-electron chi connectivity index (χ3n) is 2.22. The summed E-state index contributed by atoms with van der Waals surface area (Å²) in [6, 6.07) is 1.64. The van der Waals surface area contributed by atoms with Crippen molar-refractivity contribution in [1.82, 2.24) is 9.97 Å². The molecule has 0 aliphatic heterocycles. The first-order chi connectivity index (χ1) is 8.13. The zero-order valence-electron chi connectivity index (χ0n) is 10.2. The lowest BCUT2D eigenvalue weighted by Gasteiger charge is -2.26. The maximum absolute atomic E-state index is 9.16. The molecular formula is C11H19N3O3. The third kappa shape index (κ3) is 4.16. The number of ether oxygens (including phenoxy) is 1. The van der Waals surface area contributed by atoms with Gasteiger partial charge in [0, 0.05) is 6.07 Å². The number of aliphatic hydroxyl groups is 2. The molecule has 1 heterocycles. The predicted molar refractivity (Wildman–Crippen MR) is 64.0 cm³/mol. The summed E-state index contributed by atoms with van der Waals surface area (Å²) in [5.74, 6) is 0.985. The van der Waals surface area contributed by atoms with Crippen LogP contribution in [0.25, 0.3) is 0 Å². The summed E-state index contributed by atoms with van der Waals surface area (Å²) in [6.45, 7) is 3.90. The number of nitrogens with zero attached hydrogens (tertiary/aromatic N) is 2. The second kappa shape index (κ2) is 6.36. The second-order valence-electron chi connectivity index (χ2n) is 4.09. The molecular weight excluding hydrogens is 222 g/mol. The molecule has 1 aromatic rings. The summed E-state index contributed by atoms with van der Waals surface area (Å²) < 4.78 is 5.36. The molecule has 0 amide bonds. The van der Waals surface area contributed by atoms with Crippen LogP contribution in [0.2, 0.25) is 0 Å². The maximum atomic E-state index is 9.16. The van der Waals surface area contributed by atoms with Crippen LogP contribution < -0.4 is 10.1 Å². The number of rotatable bonds is 7. The highest BCUT2D eigenvalue weighted by molar-refractivity contribution is 5.40. The van der Waals surface area contributed by atoms with Gasteiger partial charge in [-0.2, -0.15) is 0 Å². The lowest BCUT2D eigenvalue weighted by atomic mass is 10.1. The minimum Gasteiger partial charge on any atom is -0.478 e. The van der Waals surface area contributed by atoms with E-state index in [9.17, 15) is 0 Å². The van der Waals surface area contributed by atoms with Crippen molar-refractivity contribution in [2.24, 2.45) is 0 Å². The summed E-state index contributed by atoms with van der Waals surface area (Å²) in [6.07, 6.45) is 2.28. The van der Waals surface area contributed by atoms with Gasteiger partial charge in [-0.3, -0.25) is 0 Å². The van der Waals surface area contributed by atoms with E-state index in [-0.39, 0.29) is 13.2 Å². The van der Waals surface area contributed by atoms with Crippen LogP contribution in [0.1, 0.15) is 20.3 Å². The number of hydrogen-bond donors (Lipinski definition) is 3. The van der Waals surface area contributed by atoms with E-state index >= 15 is 0 Å². The molecule has 1 aromatic heterocycles. The molecule has 0 fully saturated rings. The van der Waals surface area contributed by atoms with Gasteiger partial charge < -0.3 is 20.3 Å². The molecule has 0 saturated heterocycles. The van der Waals surface area contributed by atoms with E-state index in [1.165, 1.54) is 6.33 Å². The van der Waals surface area contributed by atoms with Crippen molar-refractivity contribution in [2.75, 3.05) is 25.1 Å². The van der Waals surface area contributed by atoms with Crippen LogP contribution in [0.15, 0.2) is 12.4 Å². The van der Waals surface area contributed by atoms with Crippen LogP contribution in [0.4, 0.5) is 5.82 Å². The largest absolute Gasteiger partial charge is 0.478 e. The fourth-order valence-corrected chi connectivity index (χ4v) is 1.13. The summed E-state index contributed by atoms with van der Waals surface area (Å²) in [5.41, 5.74) is -0.809. The van der Waals surface area contributed by atoms with Crippen molar-refractivity contribution in [2.45, 2.75) is 25.8 Å². The molecule has 0 aliphatic rings. The van der Waals surface area contributed by atoms with Crippen LogP contribution in [-0.2, 0) is 0 Å². The Bertz CT molecular complexity index is 342. The van der Waals surface area contributed by atoms with E-state index in [0.29, 0.717) is 18.3 Å². The topological polar surface area (TPSA) is 87.5 Å². The molecule has 0 aromatic carbocycles. The Balaban J connectivity index is 2.71. The van der Waals surface area contributed by atoms with Gasteiger partial charge in [0.15, 0.2) is 0 Å². The molecule has 6 heteroatoms. The van der Waals surface area contributed by atoms with E-state index in [2.05, 4.69) is 15.3 Å². The first kappa shape index (κ1) is 13.7. The second-order valence-corrected chi connectivity index (χ2v) is 4.09. The molecule has 0 spiro atoms. The van der Waals surface area contributed by atoms with Gasteiger partial charge in [-0.1, -0.05) is 6.92 Å². The van der Waals surface area contributed by atoms with Crippen molar-refractivity contribution in [3.63, 3.8) is 0 Å². The molecule has 17 heavy (non-hydrogen) atoms. The van der Waals surface area contributed by atoms with Crippen LogP contribution in [0.3, 0.4) is 0 Å². The minimum absolute atomic E-state index is 0.196. The highest BCUT2D eigenvalue weighted by Gasteiger charge is 2.22. The SMILES string of the molecule is CCCOc1cc(NC(C)(CO)CO)ncn1. The molecule has 0 bridgehead atoms. The molecule has 96 valence electrons. The Hall–Kier alpha value is -1.40. The van der Waals surface area contributed by atoms with E-state index in [0.717, 1.165) is 6.42 Å². The smallest absolute Gasteiger partial charge is 0.218 e. The minimum atomic E-state index is -0.809. The number of hydrogen-bond acceptors (Lipinski definition) is 6. The third-order valence-corrected chi connectivity index (χ3v) is 2.22. The van der Waals surface area contributed by atoms with Gasteiger partial charge in [0.05, 0.1) is 25.4 Å². The van der Waals surface area contributed by atoms with Gasteiger partial charge in [-0.05, 0) is 13.3 Å². The van der Waals surface area contributed by atoms with Crippen molar-refractivity contribution in [1.29, 1.82) is 0 Å². The molecule has 0 radical (unpaired) electrons. The van der Waals surface area contributed by atoms with Crippen molar-refractivity contribution in [3.8, 4) is 5.88 Å². The molecule has 0 aliphatic carbocycles. The average Bonchev–Trinajstić information content (AvgIpc) is 2.36. The summed E-state index contributed by atoms with van der Waals surface area (Å²) in [5, 5.41) is 21.3.